The summed E-state index contributed by atoms with van der Waals surface area (Å²) >= 11 is 0. The molecule has 2 rings (SSSR count). The molecule has 1 amide bonds. The molecule has 0 unspecified atom stereocenters. The van der Waals surface area contributed by atoms with Crippen molar-refractivity contribution in [3.63, 3.8) is 0 Å². The Kier molecular flexibility index (Phi) is 6.21. The van der Waals surface area contributed by atoms with Crippen molar-refractivity contribution < 1.29 is 9.53 Å². The van der Waals surface area contributed by atoms with Gasteiger partial charge in [0.2, 0.25) is 5.91 Å². The molecule has 0 spiro atoms. The average Bonchev–Trinajstić information content (AvgIpc) is 2.56. The molecule has 23 heavy (non-hydrogen) atoms. The molecule has 0 aliphatic heterocycles. The summed E-state index contributed by atoms with van der Waals surface area (Å²) in [6.45, 7) is 6.70. The van der Waals surface area contributed by atoms with Crippen molar-refractivity contribution in [2.45, 2.75) is 39.2 Å². The number of hydrogen-bond acceptors (Lipinski definition) is 2. The first-order valence-electron chi connectivity index (χ1n) is 8.17. The molecule has 0 saturated heterocycles. The first-order valence-corrected chi connectivity index (χ1v) is 8.17. The van der Waals surface area contributed by atoms with Crippen molar-refractivity contribution in [1.82, 2.24) is 5.32 Å². The maximum Gasteiger partial charge on any atom is 0.221 e. The fourth-order valence-corrected chi connectivity index (χ4v) is 2.58. The number of nitrogens with one attached hydrogen (secondary N) is 1. The topological polar surface area (TPSA) is 38.3 Å². The summed E-state index contributed by atoms with van der Waals surface area (Å²) in [6, 6.07) is 18.0. The van der Waals surface area contributed by atoms with Gasteiger partial charge in [-0.3, -0.25) is 4.79 Å². The van der Waals surface area contributed by atoms with Crippen molar-refractivity contribution in [3.05, 3.63) is 65.7 Å². The van der Waals surface area contributed by atoms with E-state index in [1.54, 1.807) is 0 Å². The zero-order chi connectivity index (χ0) is 16.7. The Morgan fingerprint density at radius 3 is 2.26 bits per heavy atom. The van der Waals surface area contributed by atoms with Gasteiger partial charge < -0.3 is 10.1 Å². The van der Waals surface area contributed by atoms with Gasteiger partial charge >= 0.3 is 0 Å². The number of benzene rings is 2. The van der Waals surface area contributed by atoms with Gasteiger partial charge in [0.25, 0.3) is 0 Å². The summed E-state index contributed by atoms with van der Waals surface area (Å²) in [5.41, 5.74) is 2.27. The van der Waals surface area contributed by atoms with E-state index in [9.17, 15) is 4.79 Å². The Labute approximate surface area is 138 Å². The van der Waals surface area contributed by atoms with Crippen LogP contribution in [0.4, 0.5) is 0 Å². The van der Waals surface area contributed by atoms with Crippen molar-refractivity contribution in [2.75, 3.05) is 6.61 Å². The van der Waals surface area contributed by atoms with E-state index in [2.05, 4.69) is 24.4 Å². The Balaban J connectivity index is 1.89. The minimum atomic E-state index is -0.0128. The monoisotopic (exact) mass is 311 g/mol. The van der Waals surface area contributed by atoms with Gasteiger partial charge in [-0.15, -0.1) is 0 Å². The third-order valence-electron chi connectivity index (χ3n) is 3.93. The number of amides is 1. The molecule has 2 aromatic carbocycles. The molecule has 0 fully saturated rings. The van der Waals surface area contributed by atoms with Crippen molar-refractivity contribution in [3.8, 4) is 5.75 Å². The second-order valence-corrected chi connectivity index (χ2v) is 5.81. The van der Waals surface area contributed by atoms with E-state index in [1.807, 2.05) is 56.3 Å². The van der Waals surface area contributed by atoms with E-state index in [0.717, 1.165) is 11.3 Å². The van der Waals surface area contributed by atoms with E-state index in [-0.39, 0.29) is 17.9 Å². The number of rotatable bonds is 7. The molecule has 2 atom stereocenters. The maximum atomic E-state index is 12.2. The van der Waals surface area contributed by atoms with Crippen LogP contribution in [0.2, 0.25) is 0 Å². The van der Waals surface area contributed by atoms with Crippen LogP contribution < -0.4 is 10.1 Å². The van der Waals surface area contributed by atoms with Crippen molar-refractivity contribution in [2.24, 2.45) is 0 Å². The molecular weight excluding hydrogens is 286 g/mol. The van der Waals surface area contributed by atoms with Crippen molar-refractivity contribution >= 4 is 5.91 Å². The molecule has 3 nitrogen and oxygen atoms in total. The first kappa shape index (κ1) is 17.1. The molecule has 0 aromatic heterocycles. The van der Waals surface area contributed by atoms with Gasteiger partial charge in [-0.05, 0) is 43.0 Å². The Morgan fingerprint density at radius 1 is 1.00 bits per heavy atom. The first-order chi connectivity index (χ1) is 11.1. The smallest absolute Gasteiger partial charge is 0.221 e. The van der Waals surface area contributed by atoms with Crippen LogP contribution in [-0.4, -0.2) is 12.5 Å². The average molecular weight is 311 g/mol. The Morgan fingerprint density at radius 2 is 1.65 bits per heavy atom. The molecule has 0 aliphatic carbocycles. The highest BCUT2D eigenvalue weighted by atomic mass is 16.5. The van der Waals surface area contributed by atoms with Gasteiger partial charge in [0.05, 0.1) is 12.6 Å². The molecule has 122 valence electrons. The van der Waals surface area contributed by atoms with Gasteiger partial charge in [-0.2, -0.15) is 0 Å². The van der Waals surface area contributed by atoms with E-state index in [0.29, 0.717) is 13.0 Å². The zero-order valence-electron chi connectivity index (χ0n) is 14.1. The van der Waals surface area contributed by atoms with Crippen molar-refractivity contribution in [1.29, 1.82) is 0 Å². The molecule has 0 radical (unpaired) electrons. The van der Waals surface area contributed by atoms with Gasteiger partial charge in [-0.1, -0.05) is 49.4 Å². The lowest BCUT2D eigenvalue weighted by Crippen LogP contribution is -2.27. The third kappa shape index (κ3) is 5.13. The fraction of sp³-hybridized carbons (Fsp3) is 0.350. The van der Waals surface area contributed by atoms with Gasteiger partial charge in [0, 0.05) is 6.42 Å². The summed E-state index contributed by atoms with van der Waals surface area (Å²) < 4.78 is 5.44. The molecular formula is C20H25NO2. The number of carbonyl (C=O) groups is 1. The van der Waals surface area contributed by atoms with E-state index in [1.165, 1.54) is 5.56 Å². The minimum Gasteiger partial charge on any atom is -0.494 e. The SMILES string of the molecule is CCOc1ccc([C@@H](C)NC(=O)C[C@@H](C)c2ccccc2)cc1. The number of ether oxygens (including phenoxy) is 1. The predicted octanol–water partition coefficient (Wildman–Crippen LogP) is 4.46. The third-order valence-corrected chi connectivity index (χ3v) is 3.93. The summed E-state index contributed by atoms with van der Waals surface area (Å²) in [7, 11) is 0. The van der Waals surface area contributed by atoms with Crippen LogP contribution in [0.1, 0.15) is 50.3 Å². The van der Waals surface area contributed by atoms with Crippen LogP contribution in [0.5, 0.6) is 5.75 Å². The minimum absolute atomic E-state index is 0.0128. The summed E-state index contributed by atoms with van der Waals surface area (Å²) in [4.78, 5) is 12.2. The molecule has 0 bridgehead atoms. The highest BCUT2D eigenvalue weighted by molar-refractivity contribution is 5.77. The van der Waals surface area contributed by atoms with E-state index >= 15 is 0 Å². The maximum absolute atomic E-state index is 12.2. The lowest BCUT2D eigenvalue weighted by molar-refractivity contribution is -0.122. The predicted molar refractivity (Wildman–Crippen MR) is 93.6 cm³/mol. The quantitative estimate of drug-likeness (QED) is 0.820. The van der Waals surface area contributed by atoms with Crippen LogP contribution in [0.25, 0.3) is 0 Å². The second kappa shape index (κ2) is 8.37. The number of carbonyl (C=O) groups excluding carboxylic acids is 1. The van der Waals surface area contributed by atoms with Gasteiger partial charge in [-0.25, -0.2) is 0 Å². The largest absolute Gasteiger partial charge is 0.494 e. The normalized spacial score (nSPS) is 13.2. The van der Waals surface area contributed by atoms with Gasteiger partial charge in [0.15, 0.2) is 0 Å². The molecule has 0 aliphatic rings. The highest BCUT2D eigenvalue weighted by Crippen LogP contribution is 2.20. The van der Waals surface area contributed by atoms with Crippen LogP contribution in [-0.2, 0) is 4.79 Å². The number of hydrogen-bond donors (Lipinski definition) is 1. The summed E-state index contributed by atoms with van der Waals surface area (Å²) in [5, 5.41) is 3.07. The summed E-state index contributed by atoms with van der Waals surface area (Å²) in [5.74, 6) is 1.14. The molecule has 1 N–H and O–H groups in total. The van der Waals surface area contributed by atoms with Crippen LogP contribution >= 0.6 is 0 Å². The Hall–Kier alpha value is -2.29. The van der Waals surface area contributed by atoms with Crippen LogP contribution in [0.3, 0.4) is 0 Å². The highest BCUT2D eigenvalue weighted by Gasteiger charge is 2.14. The summed E-state index contributed by atoms with van der Waals surface area (Å²) in [6.07, 6.45) is 0.491. The van der Waals surface area contributed by atoms with E-state index < -0.39 is 0 Å². The molecule has 3 heteroatoms. The van der Waals surface area contributed by atoms with E-state index in [4.69, 9.17) is 4.74 Å². The van der Waals surface area contributed by atoms with Gasteiger partial charge in [0.1, 0.15) is 5.75 Å². The molecule has 0 saturated carbocycles. The molecule has 0 heterocycles. The fourth-order valence-electron chi connectivity index (χ4n) is 2.58. The lowest BCUT2D eigenvalue weighted by atomic mass is 9.97. The molecule has 2 aromatic rings. The lowest BCUT2D eigenvalue weighted by Gasteiger charge is -2.17. The second-order valence-electron chi connectivity index (χ2n) is 5.81. The zero-order valence-corrected chi connectivity index (χ0v) is 14.1. The standard InChI is InChI=1S/C20H25NO2/c1-4-23-19-12-10-18(11-13-19)16(3)21-20(22)14-15(2)17-8-6-5-7-9-17/h5-13,15-16H,4,14H2,1-3H3,(H,21,22)/t15-,16-/m1/s1. The Bertz CT molecular complexity index is 607. The van der Waals surface area contributed by atoms with Crippen LogP contribution in [0, 0.1) is 0 Å². The van der Waals surface area contributed by atoms with Crippen LogP contribution in [0.15, 0.2) is 54.6 Å².